The average molecular weight is 203 g/mol. The van der Waals surface area contributed by atoms with Crippen LogP contribution in [0.2, 0.25) is 0 Å². The molecule has 0 unspecified atom stereocenters. The minimum Gasteiger partial charge on any atom is -0.456 e. The van der Waals surface area contributed by atoms with Crippen molar-refractivity contribution in [3.8, 4) is 6.07 Å². The Kier molecular flexibility index (Phi) is 3.52. The Morgan fingerprint density at radius 1 is 1.60 bits per heavy atom. The molecule has 0 atom stereocenters. The zero-order chi connectivity index (χ0) is 11.3. The van der Waals surface area contributed by atoms with Crippen molar-refractivity contribution in [3.63, 3.8) is 0 Å². The SMILES string of the molecule is C=C(C)C(=O)OCc1nccnc1C#N. The van der Waals surface area contributed by atoms with E-state index in [2.05, 4.69) is 16.5 Å². The van der Waals surface area contributed by atoms with Gasteiger partial charge in [-0.15, -0.1) is 0 Å². The van der Waals surface area contributed by atoms with E-state index in [0.717, 1.165) is 0 Å². The van der Waals surface area contributed by atoms with Gasteiger partial charge >= 0.3 is 5.97 Å². The molecule has 0 saturated heterocycles. The Bertz CT molecular complexity index is 435. The molecule has 15 heavy (non-hydrogen) atoms. The van der Waals surface area contributed by atoms with Gasteiger partial charge in [-0.1, -0.05) is 6.58 Å². The van der Waals surface area contributed by atoms with Gasteiger partial charge in [0.2, 0.25) is 0 Å². The van der Waals surface area contributed by atoms with Gasteiger partial charge in [0.05, 0.1) is 0 Å². The average Bonchev–Trinajstić information content (AvgIpc) is 2.26. The highest BCUT2D eigenvalue weighted by molar-refractivity contribution is 5.86. The van der Waals surface area contributed by atoms with Gasteiger partial charge in [0, 0.05) is 18.0 Å². The second-order valence-electron chi connectivity index (χ2n) is 2.82. The molecule has 0 aliphatic heterocycles. The van der Waals surface area contributed by atoms with Crippen LogP contribution in [0.25, 0.3) is 0 Å². The normalized spacial score (nSPS) is 9.07. The molecule has 0 N–H and O–H groups in total. The fourth-order valence-corrected chi connectivity index (χ4v) is 0.823. The van der Waals surface area contributed by atoms with Crippen LogP contribution in [-0.4, -0.2) is 15.9 Å². The number of nitriles is 1. The number of carbonyl (C=O) groups excluding carboxylic acids is 1. The molecule has 1 aromatic heterocycles. The van der Waals surface area contributed by atoms with E-state index in [1.165, 1.54) is 12.4 Å². The molecule has 0 fully saturated rings. The molecule has 1 rings (SSSR count). The summed E-state index contributed by atoms with van der Waals surface area (Å²) in [6, 6.07) is 1.86. The molecule has 0 aliphatic rings. The zero-order valence-corrected chi connectivity index (χ0v) is 8.23. The number of nitrogens with zero attached hydrogens (tertiary/aromatic N) is 3. The molecule has 1 aromatic rings. The second kappa shape index (κ2) is 4.86. The first-order valence-electron chi connectivity index (χ1n) is 4.17. The van der Waals surface area contributed by atoms with Crippen molar-refractivity contribution in [3.05, 3.63) is 35.9 Å². The zero-order valence-electron chi connectivity index (χ0n) is 8.23. The van der Waals surface area contributed by atoms with Crippen LogP contribution >= 0.6 is 0 Å². The molecule has 76 valence electrons. The van der Waals surface area contributed by atoms with Gasteiger partial charge in [-0.3, -0.25) is 4.98 Å². The van der Waals surface area contributed by atoms with Gasteiger partial charge in [-0.2, -0.15) is 5.26 Å². The van der Waals surface area contributed by atoms with E-state index < -0.39 is 5.97 Å². The van der Waals surface area contributed by atoms with Crippen LogP contribution in [0.4, 0.5) is 0 Å². The van der Waals surface area contributed by atoms with Gasteiger partial charge in [0.25, 0.3) is 0 Å². The highest BCUT2D eigenvalue weighted by atomic mass is 16.5. The van der Waals surface area contributed by atoms with Gasteiger partial charge in [-0.25, -0.2) is 9.78 Å². The number of esters is 1. The van der Waals surface area contributed by atoms with E-state index in [1.54, 1.807) is 6.92 Å². The van der Waals surface area contributed by atoms with Crippen molar-refractivity contribution in [1.29, 1.82) is 5.26 Å². The molecular weight excluding hydrogens is 194 g/mol. The molecule has 0 aliphatic carbocycles. The number of hydrogen-bond acceptors (Lipinski definition) is 5. The summed E-state index contributed by atoms with van der Waals surface area (Å²) in [6.07, 6.45) is 2.84. The number of rotatable bonds is 3. The molecule has 0 bridgehead atoms. The molecule has 5 nitrogen and oxygen atoms in total. The summed E-state index contributed by atoms with van der Waals surface area (Å²) in [5.74, 6) is -0.510. The van der Waals surface area contributed by atoms with E-state index in [-0.39, 0.29) is 12.3 Å². The van der Waals surface area contributed by atoms with E-state index >= 15 is 0 Å². The fourth-order valence-electron chi connectivity index (χ4n) is 0.823. The van der Waals surface area contributed by atoms with E-state index in [4.69, 9.17) is 10.00 Å². The van der Waals surface area contributed by atoms with Gasteiger partial charge in [0.1, 0.15) is 18.4 Å². The monoisotopic (exact) mass is 203 g/mol. The first-order valence-corrected chi connectivity index (χ1v) is 4.17. The van der Waals surface area contributed by atoms with Crippen LogP contribution in [0.3, 0.4) is 0 Å². The summed E-state index contributed by atoms with van der Waals surface area (Å²) in [5, 5.41) is 8.68. The smallest absolute Gasteiger partial charge is 0.333 e. The lowest BCUT2D eigenvalue weighted by Crippen LogP contribution is -2.07. The Labute approximate surface area is 87.0 Å². The van der Waals surface area contributed by atoms with Gasteiger partial charge in [0.15, 0.2) is 5.69 Å². The summed E-state index contributed by atoms with van der Waals surface area (Å²) in [4.78, 5) is 18.7. The molecule has 1 heterocycles. The second-order valence-corrected chi connectivity index (χ2v) is 2.82. The number of hydrogen-bond donors (Lipinski definition) is 0. The third kappa shape index (κ3) is 2.88. The maximum Gasteiger partial charge on any atom is 0.333 e. The molecule has 0 spiro atoms. The van der Waals surface area contributed by atoms with Crippen molar-refractivity contribution < 1.29 is 9.53 Å². The topological polar surface area (TPSA) is 75.9 Å². The molecule has 0 saturated carbocycles. The Balaban J connectivity index is 2.70. The summed E-state index contributed by atoms with van der Waals surface area (Å²) in [5.41, 5.74) is 0.805. The first kappa shape index (κ1) is 10.9. The van der Waals surface area contributed by atoms with Crippen LogP contribution in [0, 0.1) is 11.3 Å². The van der Waals surface area contributed by atoms with Crippen LogP contribution in [0.5, 0.6) is 0 Å². The first-order chi connectivity index (χ1) is 7.15. The van der Waals surface area contributed by atoms with Crippen molar-refractivity contribution >= 4 is 5.97 Å². The third-order valence-electron chi connectivity index (χ3n) is 1.57. The molecular formula is C10H9N3O2. The van der Waals surface area contributed by atoms with Gasteiger partial charge in [-0.05, 0) is 6.92 Å². The standard InChI is InChI=1S/C10H9N3O2/c1-7(2)10(14)15-6-9-8(5-11)12-3-4-13-9/h3-4H,1,6H2,2H3. The lowest BCUT2D eigenvalue weighted by atomic mass is 10.3. The lowest BCUT2D eigenvalue weighted by molar-refractivity contribution is -0.140. The Morgan fingerprint density at radius 3 is 2.87 bits per heavy atom. The van der Waals surface area contributed by atoms with Crippen LogP contribution in [-0.2, 0) is 16.1 Å². The van der Waals surface area contributed by atoms with Crippen LogP contribution in [0.15, 0.2) is 24.5 Å². The predicted octanol–water partition coefficient (Wildman–Crippen LogP) is 0.968. The fraction of sp³-hybridized carbons (Fsp3) is 0.200. The quantitative estimate of drug-likeness (QED) is 0.540. The Hall–Kier alpha value is -2.22. The minimum atomic E-state index is -0.510. The minimum absolute atomic E-state index is 0.0670. The largest absolute Gasteiger partial charge is 0.456 e. The maximum atomic E-state index is 11.1. The van der Waals surface area contributed by atoms with Crippen LogP contribution < -0.4 is 0 Å². The van der Waals surface area contributed by atoms with Crippen molar-refractivity contribution in [2.24, 2.45) is 0 Å². The van der Waals surface area contributed by atoms with Crippen LogP contribution in [0.1, 0.15) is 18.3 Å². The van der Waals surface area contributed by atoms with Gasteiger partial charge < -0.3 is 4.74 Å². The maximum absolute atomic E-state index is 11.1. The highest BCUT2D eigenvalue weighted by Gasteiger charge is 2.08. The number of carbonyl (C=O) groups is 1. The molecule has 0 amide bonds. The summed E-state index contributed by atoms with van der Waals surface area (Å²) < 4.78 is 4.84. The predicted molar refractivity (Wildman–Crippen MR) is 51.4 cm³/mol. The van der Waals surface area contributed by atoms with Crippen molar-refractivity contribution in [2.75, 3.05) is 0 Å². The van der Waals surface area contributed by atoms with Crippen molar-refractivity contribution in [1.82, 2.24) is 9.97 Å². The van der Waals surface area contributed by atoms with E-state index in [1.807, 2.05) is 6.07 Å². The number of aromatic nitrogens is 2. The number of ether oxygens (including phenoxy) is 1. The van der Waals surface area contributed by atoms with E-state index in [0.29, 0.717) is 11.3 Å². The summed E-state index contributed by atoms with van der Waals surface area (Å²) >= 11 is 0. The lowest BCUT2D eigenvalue weighted by Gasteiger charge is -2.03. The van der Waals surface area contributed by atoms with E-state index in [9.17, 15) is 4.79 Å². The Morgan fingerprint density at radius 2 is 2.27 bits per heavy atom. The third-order valence-corrected chi connectivity index (χ3v) is 1.57. The molecule has 0 aromatic carbocycles. The highest BCUT2D eigenvalue weighted by Crippen LogP contribution is 2.03. The molecule has 0 radical (unpaired) electrons. The summed E-state index contributed by atoms with van der Waals surface area (Å²) in [6.45, 7) is 4.91. The van der Waals surface area contributed by atoms with Crippen molar-refractivity contribution in [2.45, 2.75) is 13.5 Å². The summed E-state index contributed by atoms with van der Waals surface area (Å²) in [7, 11) is 0. The molecule has 5 heteroatoms.